The summed E-state index contributed by atoms with van der Waals surface area (Å²) in [5.74, 6) is 6.98. The number of nitrogens with zero attached hydrogens (tertiary/aromatic N) is 5. The highest BCUT2D eigenvalue weighted by molar-refractivity contribution is 5.80. The zero-order valence-corrected chi connectivity index (χ0v) is 14.6. The fraction of sp³-hybridized carbons (Fsp3) is 0.0952. The van der Waals surface area contributed by atoms with E-state index in [2.05, 4.69) is 39.0 Å². The van der Waals surface area contributed by atoms with Gasteiger partial charge in [-0.25, -0.2) is 4.98 Å². The van der Waals surface area contributed by atoms with Crippen molar-refractivity contribution in [2.75, 3.05) is 0 Å². The molecule has 0 spiro atoms. The quantitative estimate of drug-likeness (QED) is 0.527. The minimum absolute atomic E-state index is 0.749. The first-order valence-electron chi connectivity index (χ1n) is 8.24. The summed E-state index contributed by atoms with van der Waals surface area (Å²) in [6.07, 6.45) is 9.24. The lowest BCUT2D eigenvalue weighted by atomic mass is 10.0. The van der Waals surface area contributed by atoms with E-state index in [1.165, 1.54) is 0 Å². The Labute approximate surface area is 152 Å². The van der Waals surface area contributed by atoms with Gasteiger partial charge in [-0.3, -0.25) is 9.67 Å². The molecule has 26 heavy (non-hydrogen) atoms. The lowest BCUT2D eigenvalue weighted by Gasteiger charge is -2.03. The third kappa shape index (κ3) is 3.13. The Balaban J connectivity index is 1.66. The second kappa shape index (κ2) is 6.69. The van der Waals surface area contributed by atoms with E-state index in [0.717, 1.165) is 33.8 Å². The van der Waals surface area contributed by atoms with Gasteiger partial charge in [-0.2, -0.15) is 5.10 Å². The Morgan fingerprint density at radius 3 is 2.31 bits per heavy atom. The molecule has 0 saturated carbocycles. The minimum atomic E-state index is 0.749. The van der Waals surface area contributed by atoms with Crippen LogP contribution in [0.5, 0.6) is 0 Å². The molecule has 0 atom stereocenters. The van der Waals surface area contributed by atoms with Crippen LogP contribution in [0.3, 0.4) is 0 Å². The highest BCUT2D eigenvalue weighted by Crippen LogP contribution is 2.30. The van der Waals surface area contributed by atoms with E-state index in [1.807, 2.05) is 60.0 Å². The van der Waals surface area contributed by atoms with E-state index in [0.29, 0.717) is 0 Å². The molecular weight excluding hydrogens is 322 g/mol. The van der Waals surface area contributed by atoms with Gasteiger partial charge in [-0.1, -0.05) is 18.1 Å². The van der Waals surface area contributed by atoms with Gasteiger partial charge in [0.2, 0.25) is 0 Å². The predicted molar refractivity (Wildman–Crippen MR) is 101 cm³/mol. The molecular formula is C21H17N5. The zero-order valence-electron chi connectivity index (χ0n) is 14.6. The van der Waals surface area contributed by atoms with Crippen LogP contribution in [0.4, 0.5) is 0 Å². The summed E-state index contributed by atoms with van der Waals surface area (Å²) in [5, 5.41) is 4.63. The van der Waals surface area contributed by atoms with Crippen LogP contribution in [-0.4, -0.2) is 24.3 Å². The van der Waals surface area contributed by atoms with E-state index in [9.17, 15) is 0 Å². The number of imidazole rings is 1. The van der Waals surface area contributed by atoms with Crippen LogP contribution in [0, 0.1) is 11.8 Å². The first kappa shape index (κ1) is 15.9. The maximum Gasteiger partial charge on any atom is 0.185 e. The number of benzene rings is 1. The van der Waals surface area contributed by atoms with E-state index in [4.69, 9.17) is 0 Å². The Bertz CT molecular complexity index is 1090. The molecule has 1 aromatic carbocycles. The van der Waals surface area contributed by atoms with Crippen molar-refractivity contribution in [1.29, 1.82) is 0 Å². The fourth-order valence-corrected chi connectivity index (χ4v) is 2.77. The van der Waals surface area contributed by atoms with Gasteiger partial charge < -0.3 is 4.57 Å². The summed E-state index contributed by atoms with van der Waals surface area (Å²) < 4.78 is 3.73. The summed E-state index contributed by atoms with van der Waals surface area (Å²) in [5.41, 5.74) is 5.13. The number of rotatable bonds is 2. The average Bonchev–Trinajstić information content (AvgIpc) is 3.26. The zero-order chi connectivity index (χ0) is 17.9. The van der Waals surface area contributed by atoms with Crippen LogP contribution in [0.15, 0.2) is 67.4 Å². The first-order chi connectivity index (χ1) is 12.7. The van der Waals surface area contributed by atoms with Crippen LogP contribution in [0.25, 0.3) is 22.4 Å². The molecule has 0 saturated heterocycles. The summed E-state index contributed by atoms with van der Waals surface area (Å²) in [6, 6.07) is 12.1. The highest BCUT2D eigenvalue weighted by Gasteiger charge is 2.11. The molecule has 5 heteroatoms. The number of aromatic nitrogens is 5. The van der Waals surface area contributed by atoms with Crippen molar-refractivity contribution in [3.8, 4) is 34.2 Å². The van der Waals surface area contributed by atoms with E-state index in [-0.39, 0.29) is 0 Å². The van der Waals surface area contributed by atoms with Crippen LogP contribution >= 0.6 is 0 Å². The third-order valence-corrected chi connectivity index (χ3v) is 4.12. The fourth-order valence-electron chi connectivity index (χ4n) is 2.77. The maximum absolute atomic E-state index is 4.63. The number of pyridine rings is 1. The molecule has 4 rings (SSSR count). The van der Waals surface area contributed by atoms with Gasteiger partial charge in [0.1, 0.15) is 5.69 Å². The lowest BCUT2D eigenvalue weighted by Crippen LogP contribution is -1.90. The Kier molecular flexibility index (Phi) is 4.08. The Hall–Kier alpha value is -3.65. The van der Waals surface area contributed by atoms with Crippen molar-refractivity contribution in [3.63, 3.8) is 0 Å². The second-order valence-corrected chi connectivity index (χ2v) is 5.99. The first-order valence-corrected chi connectivity index (χ1v) is 8.24. The Morgan fingerprint density at radius 1 is 0.846 bits per heavy atom. The average molecular weight is 339 g/mol. The van der Waals surface area contributed by atoms with Crippen molar-refractivity contribution < 1.29 is 0 Å². The SMILES string of the molecule is Cn1cc(-c2ccncc2)c(-c2ccc(C#Cc3nccn3C)cc2)n1. The van der Waals surface area contributed by atoms with Gasteiger partial charge >= 0.3 is 0 Å². The standard InChI is InChI=1S/C21H17N5/c1-25-14-13-23-20(25)8-5-16-3-6-18(7-4-16)21-19(15-26(2)24-21)17-9-11-22-12-10-17/h3-4,6-7,9-15H,1-2H3. The lowest BCUT2D eigenvalue weighted by molar-refractivity contribution is 0.771. The van der Waals surface area contributed by atoms with E-state index in [1.54, 1.807) is 18.6 Å². The molecule has 0 fully saturated rings. The molecule has 126 valence electrons. The molecule has 0 aliphatic rings. The molecule has 3 aromatic heterocycles. The van der Waals surface area contributed by atoms with Crippen LogP contribution in [0.1, 0.15) is 11.4 Å². The molecule has 0 bridgehead atoms. The van der Waals surface area contributed by atoms with E-state index >= 15 is 0 Å². The molecule has 0 radical (unpaired) electrons. The summed E-state index contributed by atoms with van der Waals surface area (Å²) >= 11 is 0. The van der Waals surface area contributed by atoms with Crippen molar-refractivity contribution in [3.05, 3.63) is 78.8 Å². The van der Waals surface area contributed by atoms with Gasteiger partial charge in [0.15, 0.2) is 5.82 Å². The number of aryl methyl sites for hydroxylation is 2. The molecule has 0 unspecified atom stereocenters. The van der Waals surface area contributed by atoms with E-state index < -0.39 is 0 Å². The monoisotopic (exact) mass is 339 g/mol. The van der Waals surface area contributed by atoms with Gasteiger partial charge in [-0.05, 0) is 35.7 Å². The summed E-state index contributed by atoms with van der Waals surface area (Å²) in [7, 11) is 3.86. The molecule has 0 aliphatic heterocycles. The molecule has 3 heterocycles. The van der Waals surface area contributed by atoms with Crippen LogP contribution in [-0.2, 0) is 14.1 Å². The molecule has 5 nitrogen and oxygen atoms in total. The van der Waals surface area contributed by atoms with Crippen molar-refractivity contribution in [2.24, 2.45) is 14.1 Å². The maximum atomic E-state index is 4.63. The van der Waals surface area contributed by atoms with Gasteiger partial charge in [0, 0.05) is 61.8 Å². The highest BCUT2D eigenvalue weighted by atomic mass is 15.2. The molecule has 4 aromatic rings. The molecule has 0 amide bonds. The Morgan fingerprint density at radius 2 is 1.62 bits per heavy atom. The predicted octanol–water partition coefficient (Wildman–Crippen LogP) is 3.28. The van der Waals surface area contributed by atoms with Crippen molar-refractivity contribution in [1.82, 2.24) is 24.3 Å². The largest absolute Gasteiger partial charge is 0.327 e. The number of hydrogen-bond donors (Lipinski definition) is 0. The third-order valence-electron chi connectivity index (χ3n) is 4.12. The molecule has 0 aliphatic carbocycles. The number of hydrogen-bond acceptors (Lipinski definition) is 3. The second-order valence-electron chi connectivity index (χ2n) is 5.99. The smallest absolute Gasteiger partial charge is 0.185 e. The normalized spacial score (nSPS) is 10.4. The molecule has 0 N–H and O–H groups in total. The van der Waals surface area contributed by atoms with Crippen molar-refractivity contribution >= 4 is 0 Å². The minimum Gasteiger partial charge on any atom is -0.327 e. The summed E-state index contributed by atoms with van der Waals surface area (Å²) in [4.78, 5) is 8.31. The summed E-state index contributed by atoms with van der Waals surface area (Å²) in [6.45, 7) is 0. The van der Waals surface area contributed by atoms with Gasteiger partial charge in [0.25, 0.3) is 0 Å². The van der Waals surface area contributed by atoms with Crippen molar-refractivity contribution in [2.45, 2.75) is 0 Å². The van der Waals surface area contributed by atoms with Gasteiger partial charge in [0.05, 0.1) is 0 Å². The topological polar surface area (TPSA) is 48.5 Å². The van der Waals surface area contributed by atoms with Gasteiger partial charge in [-0.15, -0.1) is 0 Å². The van der Waals surface area contributed by atoms with Crippen LogP contribution in [0.2, 0.25) is 0 Å². The van der Waals surface area contributed by atoms with Crippen LogP contribution < -0.4 is 0 Å².